The molecule has 1 N–H and O–H groups in total. The maximum atomic E-state index is 11.7. The summed E-state index contributed by atoms with van der Waals surface area (Å²) in [5.74, 6) is -0.715. The lowest BCUT2D eigenvalue weighted by molar-refractivity contribution is -0.372. The summed E-state index contributed by atoms with van der Waals surface area (Å²) >= 11 is 0. The molecule has 0 unspecified atom stereocenters. The molecule has 0 amide bonds. The van der Waals surface area contributed by atoms with Crippen LogP contribution in [0.3, 0.4) is 0 Å². The van der Waals surface area contributed by atoms with Crippen molar-refractivity contribution in [3.05, 3.63) is 13.2 Å². The van der Waals surface area contributed by atoms with Crippen molar-refractivity contribution in [3.63, 3.8) is 0 Å². The van der Waals surface area contributed by atoms with Gasteiger partial charge in [-0.05, 0) is 32.1 Å². The summed E-state index contributed by atoms with van der Waals surface area (Å²) in [6.45, 7) is 16.2. The van der Waals surface area contributed by atoms with Crippen molar-refractivity contribution in [2.45, 2.75) is 73.4 Å². The fourth-order valence-electron chi connectivity index (χ4n) is 2.11. The summed E-state index contributed by atoms with van der Waals surface area (Å²) in [4.78, 5) is 9.29. The number of alkyl halides is 6. The van der Waals surface area contributed by atoms with Gasteiger partial charge < -0.3 is 5.11 Å². The van der Waals surface area contributed by atoms with Crippen molar-refractivity contribution in [1.82, 2.24) is 4.90 Å². The van der Waals surface area contributed by atoms with E-state index in [4.69, 9.17) is 5.11 Å². The van der Waals surface area contributed by atoms with Gasteiger partial charge in [0.15, 0.2) is 0 Å². The van der Waals surface area contributed by atoms with Crippen molar-refractivity contribution in [2.24, 2.45) is 10.8 Å². The standard InChI is InChI=1S/C9H18O2.C6H9F6N.C2H4/c1-8(2,3)6-9(4,5)7(10)11;1-2-3-4-13(5(7,8)9)6(10,11)12;1-2/h6H2,1-5H3,(H,10,11);2-4H2,1H3;1-2H2. The minimum absolute atomic E-state index is 0.0852. The molecule has 0 aliphatic rings. The maximum absolute atomic E-state index is 11.7. The number of unbranched alkanes of at least 4 members (excludes halogenated alkanes) is 1. The van der Waals surface area contributed by atoms with E-state index < -0.39 is 35.4 Å². The van der Waals surface area contributed by atoms with E-state index in [1.54, 1.807) is 13.8 Å². The Morgan fingerprint density at radius 2 is 1.27 bits per heavy atom. The van der Waals surface area contributed by atoms with Crippen LogP contribution < -0.4 is 0 Å². The minimum atomic E-state index is -5.34. The lowest BCUT2D eigenvalue weighted by atomic mass is 9.76. The van der Waals surface area contributed by atoms with Gasteiger partial charge in [0.2, 0.25) is 0 Å². The number of carboxylic acids is 1. The zero-order valence-electron chi connectivity index (χ0n) is 16.3. The highest BCUT2D eigenvalue weighted by molar-refractivity contribution is 5.73. The molecule has 26 heavy (non-hydrogen) atoms. The van der Waals surface area contributed by atoms with E-state index in [9.17, 15) is 31.1 Å². The van der Waals surface area contributed by atoms with Crippen molar-refractivity contribution in [1.29, 1.82) is 0 Å². The van der Waals surface area contributed by atoms with E-state index in [1.807, 2.05) is 0 Å². The van der Waals surface area contributed by atoms with E-state index in [2.05, 4.69) is 33.9 Å². The SMILES string of the molecule is C=C.CC(C)(C)CC(C)(C)C(=O)O.CCCCN(C(F)(F)F)C(F)(F)F. The summed E-state index contributed by atoms with van der Waals surface area (Å²) in [5, 5.41) is 8.80. The summed E-state index contributed by atoms with van der Waals surface area (Å²) in [6.07, 6.45) is -9.84. The normalized spacial score (nSPS) is 12.7. The van der Waals surface area contributed by atoms with Gasteiger partial charge in [-0.25, -0.2) is 0 Å². The van der Waals surface area contributed by atoms with Gasteiger partial charge in [-0.3, -0.25) is 4.79 Å². The first kappa shape index (κ1) is 29.5. The highest BCUT2D eigenvalue weighted by atomic mass is 19.4. The Morgan fingerprint density at radius 3 is 1.42 bits per heavy atom. The van der Waals surface area contributed by atoms with Crippen LogP contribution in [0.25, 0.3) is 0 Å². The fraction of sp³-hybridized carbons (Fsp3) is 0.824. The van der Waals surface area contributed by atoms with Crippen LogP contribution in [0.5, 0.6) is 0 Å². The van der Waals surface area contributed by atoms with Crippen LogP contribution in [0.15, 0.2) is 13.2 Å². The Balaban J connectivity index is -0.000000375. The average molecular weight is 395 g/mol. The van der Waals surface area contributed by atoms with E-state index in [-0.39, 0.29) is 18.3 Å². The molecule has 0 spiro atoms. The third-order valence-corrected chi connectivity index (χ3v) is 2.90. The summed E-state index contributed by atoms with van der Waals surface area (Å²) in [7, 11) is 0. The number of hydrogen-bond acceptors (Lipinski definition) is 2. The molecule has 0 rings (SSSR count). The maximum Gasteiger partial charge on any atom is 0.467 e. The Bertz CT molecular complexity index is 384. The molecule has 0 radical (unpaired) electrons. The van der Waals surface area contributed by atoms with Gasteiger partial charge >= 0.3 is 18.6 Å². The van der Waals surface area contributed by atoms with Crippen LogP contribution in [0.1, 0.15) is 60.8 Å². The average Bonchev–Trinajstić information content (AvgIpc) is 2.36. The predicted octanol–water partition coefficient (Wildman–Crippen LogP) is 6.46. The van der Waals surface area contributed by atoms with Crippen molar-refractivity contribution in [2.75, 3.05) is 6.54 Å². The van der Waals surface area contributed by atoms with Gasteiger partial charge in [0.1, 0.15) is 0 Å². The summed E-state index contributed by atoms with van der Waals surface area (Å²) < 4.78 is 70.5. The quantitative estimate of drug-likeness (QED) is 0.330. The molecule has 0 bridgehead atoms. The Hall–Kier alpha value is -1.25. The lowest BCUT2D eigenvalue weighted by Crippen LogP contribution is -2.48. The van der Waals surface area contributed by atoms with Gasteiger partial charge in [0.25, 0.3) is 0 Å². The van der Waals surface area contributed by atoms with E-state index in [1.165, 1.54) is 6.92 Å². The van der Waals surface area contributed by atoms with Crippen LogP contribution in [-0.2, 0) is 4.79 Å². The van der Waals surface area contributed by atoms with Crippen LogP contribution in [-0.4, -0.2) is 35.1 Å². The Morgan fingerprint density at radius 1 is 0.923 bits per heavy atom. The first-order valence-electron chi connectivity index (χ1n) is 7.99. The monoisotopic (exact) mass is 395 g/mol. The minimum Gasteiger partial charge on any atom is -0.481 e. The molecule has 0 atom stereocenters. The second-order valence-electron chi connectivity index (χ2n) is 7.37. The molecule has 158 valence electrons. The number of rotatable bonds is 5. The van der Waals surface area contributed by atoms with Crippen molar-refractivity contribution >= 4 is 5.97 Å². The molecule has 3 nitrogen and oxygen atoms in total. The first-order chi connectivity index (χ1) is 11.3. The zero-order valence-corrected chi connectivity index (χ0v) is 16.3. The highest BCUT2D eigenvalue weighted by Crippen LogP contribution is 2.34. The van der Waals surface area contributed by atoms with Crippen LogP contribution in [0.4, 0.5) is 26.3 Å². The Kier molecular flexibility index (Phi) is 13.0. The molecular formula is C17H31F6NO2. The molecule has 0 aliphatic carbocycles. The Labute approximate surface area is 152 Å². The third kappa shape index (κ3) is 15.0. The third-order valence-electron chi connectivity index (χ3n) is 2.90. The molecule has 0 aliphatic heterocycles. The van der Waals surface area contributed by atoms with Gasteiger partial charge in [0, 0.05) is 6.54 Å². The number of carboxylic acid groups (broad SMARTS) is 1. The van der Waals surface area contributed by atoms with E-state index in [0.29, 0.717) is 6.42 Å². The molecule has 9 heteroatoms. The smallest absolute Gasteiger partial charge is 0.467 e. The first-order valence-corrected chi connectivity index (χ1v) is 7.99. The summed E-state index contributed by atoms with van der Waals surface area (Å²) in [6, 6.07) is 0. The number of nitrogens with zero attached hydrogens (tertiary/aromatic N) is 1. The molecule has 0 saturated carbocycles. The highest BCUT2D eigenvalue weighted by Gasteiger charge is 2.53. The largest absolute Gasteiger partial charge is 0.481 e. The van der Waals surface area contributed by atoms with Crippen LogP contribution >= 0.6 is 0 Å². The fourth-order valence-corrected chi connectivity index (χ4v) is 2.11. The second kappa shape index (κ2) is 11.5. The van der Waals surface area contributed by atoms with Gasteiger partial charge in [-0.1, -0.05) is 34.1 Å². The lowest BCUT2D eigenvalue weighted by Gasteiger charge is -2.28. The number of halogens is 6. The van der Waals surface area contributed by atoms with Crippen LogP contribution in [0, 0.1) is 10.8 Å². The molecule has 0 aromatic carbocycles. The molecule has 0 fully saturated rings. The molecule has 0 saturated heterocycles. The number of hydrogen-bond donors (Lipinski definition) is 1. The molecular weight excluding hydrogens is 364 g/mol. The number of aliphatic carboxylic acids is 1. The number of carbonyl (C=O) groups is 1. The van der Waals surface area contributed by atoms with Crippen LogP contribution in [0.2, 0.25) is 0 Å². The van der Waals surface area contributed by atoms with Crippen molar-refractivity contribution < 1.29 is 36.2 Å². The van der Waals surface area contributed by atoms with E-state index >= 15 is 0 Å². The van der Waals surface area contributed by atoms with E-state index in [0.717, 1.165) is 0 Å². The topological polar surface area (TPSA) is 40.5 Å². The van der Waals surface area contributed by atoms with Gasteiger partial charge in [-0.2, -0.15) is 26.3 Å². The van der Waals surface area contributed by atoms with Gasteiger partial charge in [-0.15, -0.1) is 18.1 Å². The molecule has 0 heterocycles. The van der Waals surface area contributed by atoms with Gasteiger partial charge in [0.05, 0.1) is 5.41 Å². The zero-order chi connectivity index (χ0) is 22.0. The molecule has 0 aromatic rings. The molecule has 0 aromatic heterocycles. The van der Waals surface area contributed by atoms with Crippen molar-refractivity contribution in [3.8, 4) is 0 Å². The summed E-state index contributed by atoms with van der Waals surface area (Å²) in [5.41, 5.74) is -0.514. The predicted molar refractivity (Wildman–Crippen MR) is 90.5 cm³/mol. The second-order valence-corrected chi connectivity index (χ2v) is 7.37.